The van der Waals surface area contributed by atoms with Crippen LogP contribution in [0, 0.1) is 5.41 Å². The third-order valence-corrected chi connectivity index (χ3v) is 5.64. The molecule has 0 bridgehead atoms. The van der Waals surface area contributed by atoms with E-state index in [1.54, 1.807) is 16.7 Å². The second-order valence-electron chi connectivity index (χ2n) is 8.02. The highest BCUT2D eigenvalue weighted by Crippen LogP contribution is 2.33. The van der Waals surface area contributed by atoms with Crippen LogP contribution in [0.4, 0.5) is 10.5 Å². The zero-order valence-corrected chi connectivity index (χ0v) is 17.4. The average molecular weight is 398 g/mol. The Bertz CT molecular complexity index is 859. The fraction of sp³-hybridized carbons (Fsp3) is 0.364. The number of hydrogen-bond acceptors (Lipinski definition) is 5. The van der Waals surface area contributed by atoms with Crippen LogP contribution in [0.3, 0.4) is 0 Å². The molecule has 1 aliphatic rings. The van der Waals surface area contributed by atoms with Crippen molar-refractivity contribution in [3.05, 3.63) is 53.6 Å². The summed E-state index contributed by atoms with van der Waals surface area (Å²) in [5.74, 6) is 0.340. The van der Waals surface area contributed by atoms with Crippen LogP contribution in [0.2, 0.25) is 0 Å². The van der Waals surface area contributed by atoms with Gasteiger partial charge in [0, 0.05) is 46.3 Å². The second kappa shape index (κ2) is 8.27. The van der Waals surface area contributed by atoms with Gasteiger partial charge in [-0.15, -0.1) is 0 Å². The van der Waals surface area contributed by atoms with Crippen LogP contribution in [-0.2, 0) is 4.74 Å². The Morgan fingerprint density at radius 2 is 1.89 bits per heavy atom. The summed E-state index contributed by atoms with van der Waals surface area (Å²) in [5.41, 5.74) is 7.98. The summed E-state index contributed by atoms with van der Waals surface area (Å²) in [6.45, 7) is 7.10. The van der Waals surface area contributed by atoms with Gasteiger partial charge in [0.05, 0.1) is 0 Å². The third kappa shape index (κ3) is 5.07. The lowest BCUT2D eigenvalue weighted by Crippen LogP contribution is -2.35. The predicted octanol–water partition coefficient (Wildman–Crippen LogP) is 5.14. The van der Waals surface area contributed by atoms with Crippen molar-refractivity contribution in [1.29, 1.82) is 5.41 Å². The van der Waals surface area contributed by atoms with Gasteiger partial charge in [0.15, 0.2) is 0 Å². The van der Waals surface area contributed by atoms with E-state index in [2.05, 4.69) is 24.3 Å². The third-order valence-electron chi connectivity index (χ3n) is 4.64. The topological polar surface area (TPSA) is 79.4 Å². The Morgan fingerprint density at radius 1 is 1.21 bits per heavy atom. The van der Waals surface area contributed by atoms with Gasteiger partial charge in [-0.1, -0.05) is 23.9 Å². The van der Waals surface area contributed by atoms with Gasteiger partial charge in [0.1, 0.15) is 5.60 Å². The van der Waals surface area contributed by atoms with Crippen molar-refractivity contribution < 1.29 is 9.53 Å². The van der Waals surface area contributed by atoms with E-state index in [0.717, 1.165) is 28.3 Å². The lowest BCUT2D eigenvalue weighted by atomic mass is 9.99. The zero-order valence-electron chi connectivity index (χ0n) is 16.6. The minimum atomic E-state index is -0.465. The molecule has 1 aliphatic heterocycles. The summed E-state index contributed by atoms with van der Waals surface area (Å²) >= 11 is 1.65. The number of amides is 1. The van der Waals surface area contributed by atoms with Gasteiger partial charge >= 0.3 is 6.09 Å². The maximum atomic E-state index is 12.2. The molecule has 3 rings (SSSR count). The zero-order chi connectivity index (χ0) is 20.3. The highest BCUT2D eigenvalue weighted by Gasteiger charge is 2.30. The molecule has 1 heterocycles. The monoisotopic (exact) mass is 397 g/mol. The van der Waals surface area contributed by atoms with Crippen molar-refractivity contribution in [3.63, 3.8) is 0 Å². The first-order valence-corrected chi connectivity index (χ1v) is 10.2. The van der Waals surface area contributed by atoms with E-state index in [1.807, 2.05) is 39.0 Å². The number of nitrogens with two attached hydrogens (primary N) is 1. The number of nitrogens with zero attached hydrogens (tertiary/aromatic N) is 1. The van der Waals surface area contributed by atoms with Crippen LogP contribution >= 0.6 is 11.8 Å². The van der Waals surface area contributed by atoms with Crippen LogP contribution in [-0.4, -0.2) is 35.9 Å². The first kappa shape index (κ1) is 20.3. The van der Waals surface area contributed by atoms with Crippen LogP contribution in [0.1, 0.15) is 44.2 Å². The summed E-state index contributed by atoms with van der Waals surface area (Å²) in [6.07, 6.45) is 2.00. The number of carbonyl (C=O) groups excluding carboxylic acids is 1. The molecule has 2 aromatic rings. The Morgan fingerprint density at radius 3 is 2.54 bits per heavy atom. The highest BCUT2D eigenvalue weighted by atomic mass is 32.2. The van der Waals surface area contributed by atoms with Gasteiger partial charge in [-0.2, -0.15) is 0 Å². The van der Waals surface area contributed by atoms with Crippen LogP contribution < -0.4 is 5.73 Å². The Balaban J connectivity index is 1.62. The number of nitrogens with one attached hydrogen (secondary N) is 1. The van der Waals surface area contributed by atoms with Crippen LogP contribution in [0.15, 0.2) is 52.3 Å². The van der Waals surface area contributed by atoms with E-state index in [-0.39, 0.29) is 6.09 Å². The lowest BCUT2D eigenvalue weighted by Gasteiger charge is -2.24. The van der Waals surface area contributed by atoms with E-state index in [0.29, 0.717) is 18.2 Å². The van der Waals surface area contributed by atoms with Gasteiger partial charge in [-0.05, 0) is 63.1 Å². The van der Waals surface area contributed by atoms with Crippen molar-refractivity contribution in [2.75, 3.05) is 18.8 Å². The lowest BCUT2D eigenvalue weighted by molar-refractivity contribution is 0.0292. The Kier molecular flexibility index (Phi) is 5.98. The van der Waals surface area contributed by atoms with Gasteiger partial charge < -0.3 is 20.8 Å². The van der Waals surface area contributed by atoms with Crippen LogP contribution in [0.25, 0.3) is 0 Å². The maximum Gasteiger partial charge on any atom is 0.410 e. The summed E-state index contributed by atoms with van der Waals surface area (Å²) in [5, 5.41) is 7.43. The number of carbonyl (C=O) groups is 1. The number of nitrogen functional groups attached to an aromatic ring is 1. The molecule has 1 saturated heterocycles. The van der Waals surface area contributed by atoms with Crippen molar-refractivity contribution in [2.45, 2.75) is 48.5 Å². The molecule has 0 spiro atoms. The summed E-state index contributed by atoms with van der Waals surface area (Å²) in [4.78, 5) is 16.2. The Labute approximate surface area is 170 Å². The van der Waals surface area contributed by atoms with Gasteiger partial charge in [-0.25, -0.2) is 4.79 Å². The van der Waals surface area contributed by atoms with Crippen molar-refractivity contribution in [2.24, 2.45) is 0 Å². The molecule has 1 amide bonds. The molecule has 2 aromatic carbocycles. The molecule has 28 heavy (non-hydrogen) atoms. The number of ether oxygens (including phenoxy) is 1. The minimum Gasteiger partial charge on any atom is -0.444 e. The van der Waals surface area contributed by atoms with Crippen molar-refractivity contribution >= 4 is 29.8 Å². The fourth-order valence-electron chi connectivity index (χ4n) is 3.21. The summed E-state index contributed by atoms with van der Waals surface area (Å²) < 4.78 is 5.48. The largest absolute Gasteiger partial charge is 0.444 e. The normalized spacial score (nSPS) is 16.8. The molecular formula is C22H27N3O2S. The number of rotatable bonds is 4. The number of benzene rings is 2. The SMILES string of the molecule is CC(C)(C)OC(=O)N1CCC(c2ccc(Sc3ccc(N)c(C=N)c3)cc2)C1. The molecule has 5 nitrogen and oxygen atoms in total. The average Bonchev–Trinajstić information content (AvgIpc) is 3.13. The number of likely N-dealkylation sites (tertiary alicyclic amines) is 1. The first-order valence-electron chi connectivity index (χ1n) is 9.41. The van der Waals surface area contributed by atoms with E-state index < -0.39 is 5.60 Å². The van der Waals surface area contributed by atoms with Crippen LogP contribution in [0.5, 0.6) is 0 Å². The first-order chi connectivity index (χ1) is 13.2. The molecule has 3 N–H and O–H groups in total. The van der Waals surface area contributed by atoms with Crippen molar-refractivity contribution in [1.82, 2.24) is 4.90 Å². The molecule has 0 aliphatic carbocycles. The fourth-order valence-corrected chi connectivity index (χ4v) is 4.08. The van der Waals surface area contributed by atoms with Gasteiger partial charge in [0.25, 0.3) is 0 Å². The summed E-state index contributed by atoms with van der Waals surface area (Å²) in [7, 11) is 0. The van der Waals surface area contributed by atoms with E-state index in [4.69, 9.17) is 15.9 Å². The number of hydrogen-bond donors (Lipinski definition) is 2. The second-order valence-corrected chi connectivity index (χ2v) is 9.17. The van der Waals surface area contributed by atoms with E-state index in [9.17, 15) is 4.79 Å². The highest BCUT2D eigenvalue weighted by molar-refractivity contribution is 7.99. The van der Waals surface area contributed by atoms with Crippen molar-refractivity contribution in [3.8, 4) is 0 Å². The van der Waals surface area contributed by atoms with E-state index in [1.165, 1.54) is 11.8 Å². The maximum absolute atomic E-state index is 12.2. The molecule has 1 atom stereocenters. The molecule has 0 aromatic heterocycles. The summed E-state index contributed by atoms with van der Waals surface area (Å²) in [6, 6.07) is 14.2. The molecule has 0 saturated carbocycles. The van der Waals surface area contributed by atoms with Gasteiger partial charge in [-0.3, -0.25) is 0 Å². The number of anilines is 1. The molecular weight excluding hydrogens is 370 g/mol. The quantitative estimate of drug-likeness (QED) is 0.553. The molecule has 148 valence electrons. The standard InChI is InChI=1S/C22H27N3O2S/c1-22(2,3)27-21(26)25-11-10-16(14-25)15-4-6-18(7-5-15)28-19-8-9-20(24)17(12-19)13-23/h4-9,12-13,16,23H,10-11,14,24H2,1-3H3. The molecule has 6 heteroatoms. The Hall–Kier alpha value is -2.47. The van der Waals surface area contributed by atoms with Gasteiger partial charge in [0.2, 0.25) is 0 Å². The minimum absolute atomic E-state index is 0.229. The smallest absolute Gasteiger partial charge is 0.410 e. The predicted molar refractivity (Wildman–Crippen MR) is 114 cm³/mol. The molecule has 1 fully saturated rings. The van der Waals surface area contributed by atoms with E-state index >= 15 is 0 Å². The molecule has 1 unspecified atom stereocenters. The molecule has 0 radical (unpaired) electrons.